The molecule has 0 saturated carbocycles. The van der Waals surface area contributed by atoms with E-state index in [-0.39, 0.29) is 6.03 Å². The highest BCUT2D eigenvalue weighted by molar-refractivity contribution is 7.13. The van der Waals surface area contributed by atoms with E-state index in [0.717, 1.165) is 23.4 Å². The zero-order valence-corrected chi connectivity index (χ0v) is 15.6. The first-order valence-electron chi connectivity index (χ1n) is 7.93. The molecule has 1 aromatic heterocycles. The van der Waals surface area contributed by atoms with Gasteiger partial charge in [-0.05, 0) is 51.1 Å². The van der Waals surface area contributed by atoms with Crippen molar-refractivity contribution in [3.05, 3.63) is 40.4 Å². The third-order valence-electron chi connectivity index (χ3n) is 3.82. The summed E-state index contributed by atoms with van der Waals surface area (Å²) in [5.41, 5.74) is 3.18. The molecule has 0 spiro atoms. The molecule has 0 bridgehead atoms. The molecule has 132 valence electrons. The summed E-state index contributed by atoms with van der Waals surface area (Å²) >= 11 is 1.39. The minimum absolute atomic E-state index is 0.372. The summed E-state index contributed by atoms with van der Waals surface area (Å²) in [5, 5.41) is 7.96. The smallest absolute Gasteiger partial charge is 0.308 e. The van der Waals surface area contributed by atoms with Crippen molar-refractivity contribution in [3.8, 4) is 0 Å². The summed E-state index contributed by atoms with van der Waals surface area (Å²) < 4.78 is 0. The Labute approximate surface area is 151 Å². The average Bonchev–Trinajstić information content (AvgIpc) is 2.97. The molecule has 25 heavy (non-hydrogen) atoms. The molecule has 0 saturated heterocycles. The van der Waals surface area contributed by atoms with Gasteiger partial charge in [0.15, 0.2) is 5.13 Å². The molecule has 0 unspecified atom stereocenters. The lowest BCUT2D eigenvalue weighted by Crippen LogP contribution is -2.25. The fraction of sp³-hybridized carbons (Fsp3) is 0.333. The molecule has 7 heteroatoms. The molecule has 0 aliphatic heterocycles. The minimum Gasteiger partial charge on any atom is -0.308 e. The zero-order valence-electron chi connectivity index (χ0n) is 14.8. The van der Waals surface area contributed by atoms with E-state index in [0.29, 0.717) is 16.9 Å². The van der Waals surface area contributed by atoms with Crippen molar-refractivity contribution < 1.29 is 9.59 Å². The van der Waals surface area contributed by atoms with Crippen LogP contribution in [0.4, 0.5) is 15.6 Å². The molecule has 1 heterocycles. The second kappa shape index (κ2) is 8.58. The van der Waals surface area contributed by atoms with E-state index in [9.17, 15) is 9.59 Å². The molecular weight excluding hydrogens is 336 g/mol. The lowest BCUT2D eigenvalue weighted by atomic mass is 10.1. The van der Waals surface area contributed by atoms with Crippen molar-refractivity contribution >= 4 is 40.2 Å². The van der Waals surface area contributed by atoms with Crippen LogP contribution in [-0.4, -0.2) is 34.9 Å². The highest BCUT2D eigenvalue weighted by Gasteiger charge is 2.10. The summed E-state index contributed by atoms with van der Waals surface area (Å²) in [4.78, 5) is 29.3. The largest absolute Gasteiger partial charge is 0.325 e. The second-order valence-corrected chi connectivity index (χ2v) is 6.92. The van der Waals surface area contributed by atoms with Gasteiger partial charge in [0.1, 0.15) is 5.94 Å². The predicted octanol–water partition coefficient (Wildman–Crippen LogP) is 3.78. The van der Waals surface area contributed by atoms with Crippen LogP contribution in [0.15, 0.2) is 23.6 Å². The van der Waals surface area contributed by atoms with Gasteiger partial charge in [0.25, 0.3) is 0 Å². The van der Waals surface area contributed by atoms with Crippen molar-refractivity contribution in [1.29, 1.82) is 0 Å². The van der Waals surface area contributed by atoms with Crippen molar-refractivity contribution in [2.24, 2.45) is 0 Å². The average molecular weight is 358 g/mol. The van der Waals surface area contributed by atoms with Crippen LogP contribution >= 0.6 is 11.3 Å². The molecule has 0 aliphatic rings. The fourth-order valence-corrected chi connectivity index (χ4v) is 2.77. The van der Waals surface area contributed by atoms with Gasteiger partial charge in [0.2, 0.25) is 0 Å². The highest BCUT2D eigenvalue weighted by atomic mass is 32.1. The number of nitrogens with zero attached hydrogens (tertiary/aromatic N) is 2. The molecule has 0 atom stereocenters. The third-order valence-corrected chi connectivity index (χ3v) is 4.62. The number of aryl methyl sites for hydroxylation is 1. The van der Waals surface area contributed by atoms with Crippen LogP contribution in [0, 0.1) is 6.92 Å². The Morgan fingerprint density at radius 1 is 1.40 bits per heavy atom. The fourth-order valence-electron chi connectivity index (χ4n) is 2.07. The van der Waals surface area contributed by atoms with E-state index in [1.807, 2.05) is 25.4 Å². The summed E-state index contributed by atoms with van der Waals surface area (Å²) in [5.74, 6) is 1.76. The molecular formula is C18H22N4O2S. The van der Waals surface area contributed by atoms with Gasteiger partial charge in [-0.25, -0.2) is 14.6 Å². The van der Waals surface area contributed by atoms with Crippen LogP contribution in [0.1, 0.15) is 30.7 Å². The maximum atomic E-state index is 12.1. The van der Waals surface area contributed by atoms with Crippen LogP contribution in [0.2, 0.25) is 0 Å². The quantitative estimate of drug-likeness (QED) is 0.771. The van der Waals surface area contributed by atoms with E-state index in [2.05, 4.69) is 34.4 Å². The minimum atomic E-state index is -0.372. The number of urea groups is 1. The molecule has 2 aromatic rings. The van der Waals surface area contributed by atoms with Crippen LogP contribution in [0.25, 0.3) is 6.08 Å². The number of carbonyl (C=O) groups is 1. The summed E-state index contributed by atoms with van der Waals surface area (Å²) in [6, 6.07) is 5.40. The first kappa shape index (κ1) is 18.9. The standard InChI is InChI=1S/C18H22N4O2S/c1-12(2)22(4)10-16-11-25-18(20-16)21-17(24)19-15-6-5-13(3)14(9-15)7-8-23/h5-7,9,11-12H,10H2,1-4H3,(H2,19,20,21,24). The Balaban J connectivity index is 1.98. The monoisotopic (exact) mass is 358 g/mol. The van der Waals surface area contributed by atoms with Crippen LogP contribution in [0.3, 0.4) is 0 Å². The number of hydrogen-bond acceptors (Lipinski definition) is 5. The maximum Gasteiger partial charge on any atom is 0.325 e. The molecule has 6 nitrogen and oxygen atoms in total. The number of hydrogen-bond donors (Lipinski definition) is 2. The van der Waals surface area contributed by atoms with Gasteiger partial charge in [0.05, 0.1) is 5.69 Å². The van der Waals surface area contributed by atoms with Gasteiger partial charge in [-0.15, -0.1) is 11.3 Å². The number of rotatable bonds is 6. The Bertz CT molecular complexity index is 794. The maximum absolute atomic E-state index is 12.1. The van der Waals surface area contributed by atoms with Crippen molar-refractivity contribution in [2.75, 3.05) is 17.7 Å². The van der Waals surface area contributed by atoms with E-state index in [1.54, 1.807) is 18.1 Å². The molecule has 0 aliphatic carbocycles. The van der Waals surface area contributed by atoms with Crippen molar-refractivity contribution in [2.45, 2.75) is 33.4 Å². The van der Waals surface area contributed by atoms with Crippen molar-refractivity contribution in [1.82, 2.24) is 9.88 Å². The van der Waals surface area contributed by atoms with E-state index in [4.69, 9.17) is 0 Å². The van der Waals surface area contributed by atoms with E-state index < -0.39 is 0 Å². The Kier molecular flexibility index (Phi) is 6.47. The normalized spacial score (nSPS) is 10.6. The van der Waals surface area contributed by atoms with Crippen molar-refractivity contribution in [3.63, 3.8) is 0 Å². The molecule has 1 aromatic carbocycles. The van der Waals surface area contributed by atoms with Gasteiger partial charge >= 0.3 is 6.03 Å². The molecule has 2 N–H and O–H groups in total. The number of thiazole rings is 1. The van der Waals surface area contributed by atoms with Gasteiger partial charge in [-0.2, -0.15) is 0 Å². The number of nitrogens with one attached hydrogen (secondary N) is 2. The summed E-state index contributed by atoms with van der Waals surface area (Å²) in [6.07, 6.45) is 1.34. The lowest BCUT2D eigenvalue weighted by Gasteiger charge is -2.19. The zero-order chi connectivity index (χ0) is 18.4. The second-order valence-electron chi connectivity index (χ2n) is 6.07. The molecule has 0 radical (unpaired) electrons. The van der Waals surface area contributed by atoms with E-state index >= 15 is 0 Å². The topological polar surface area (TPSA) is 74.3 Å². The summed E-state index contributed by atoms with van der Waals surface area (Å²) in [6.45, 7) is 6.86. The third kappa shape index (κ3) is 5.53. The number of anilines is 2. The Morgan fingerprint density at radius 2 is 2.16 bits per heavy atom. The van der Waals surface area contributed by atoms with Crippen LogP contribution in [-0.2, 0) is 11.3 Å². The lowest BCUT2D eigenvalue weighted by molar-refractivity contribution is 0.261. The number of aromatic nitrogens is 1. The SMILES string of the molecule is Cc1ccc(NC(=O)Nc2nc(CN(C)C(C)C)cs2)cc1C=C=O. The van der Waals surface area contributed by atoms with Crippen LogP contribution < -0.4 is 10.6 Å². The highest BCUT2D eigenvalue weighted by Crippen LogP contribution is 2.19. The Hall–Kier alpha value is -2.47. The molecule has 2 rings (SSSR count). The van der Waals surface area contributed by atoms with Gasteiger partial charge in [-0.1, -0.05) is 6.07 Å². The first-order valence-corrected chi connectivity index (χ1v) is 8.81. The van der Waals surface area contributed by atoms with Gasteiger partial charge in [-0.3, -0.25) is 10.2 Å². The van der Waals surface area contributed by atoms with E-state index in [1.165, 1.54) is 17.4 Å². The summed E-state index contributed by atoms with van der Waals surface area (Å²) in [7, 11) is 2.03. The number of benzene rings is 1. The molecule has 2 amide bonds. The number of carbonyl (C=O) groups excluding carboxylic acids is 2. The molecule has 0 fully saturated rings. The van der Waals surface area contributed by atoms with Gasteiger partial charge in [0, 0.05) is 29.7 Å². The van der Waals surface area contributed by atoms with Gasteiger partial charge < -0.3 is 5.32 Å². The first-order chi connectivity index (χ1) is 11.9. The number of amides is 2. The Morgan fingerprint density at radius 3 is 2.84 bits per heavy atom. The predicted molar refractivity (Wildman–Crippen MR) is 103 cm³/mol. The van der Waals surface area contributed by atoms with Crippen LogP contribution in [0.5, 0.6) is 0 Å².